The van der Waals surface area contributed by atoms with Crippen LogP contribution < -0.4 is 11.1 Å². The number of aromatic nitrogens is 4. The summed E-state index contributed by atoms with van der Waals surface area (Å²) in [6, 6.07) is 20.3. The van der Waals surface area contributed by atoms with E-state index in [9.17, 15) is 0 Å². The Morgan fingerprint density at radius 1 is 0.880 bits per heavy atom. The largest absolute Gasteiger partial charge is 0.382 e. The maximum atomic E-state index is 6.07. The summed E-state index contributed by atoms with van der Waals surface area (Å²) in [6.07, 6.45) is 1.75. The third kappa shape index (κ3) is 3.28. The average molecular weight is 330 g/mol. The average Bonchev–Trinajstić information content (AvgIpc) is 3.05. The van der Waals surface area contributed by atoms with Crippen LogP contribution in [0.15, 0.2) is 67.0 Å². The molecular formula is C19H18N6. The lowest BCUT2D eigenvalue weighted by Crippen LogP contribution is -2.07. The lowest BCUT2D eigenvalue weighted by molar-refractivity contribution is 0.813. The number of nitrogens with two attached hydrogens (primary N) is 1. The molecule has 0 spiro atoms. The molecule has 0 saturated heterocycles. The van der Waals surface area contributed by atoms with Crippen molar-refractivity contribution in [3.8, 4) is 0 Å². The Morgan fingerprint density at radius 2 is 1.56 bits per heavy atom. The molecule has 0 aliphatic carbocycles. The van der Waals surface area contributed by atoms with E-state index in [4.69, 9.17) is 5.73 Å². The van der Waals surface area contributed by atoms with Gasteiger partial charge in [0.05, 0.1) is 12.9 Å². The first-order valence-corrected chi connectivity index (χ1v) is 8.09. The molecule has 2 aromatic heterocycles. The van der Waals surface area contributed by atoms with E-state index in [0.29, 0.717) is 30.4 Å². The summed E-state index contributed by atoms with van der Waals surface area (Å²) >= 11 is 0. The summed E-state index contributed by atoms with van der Waals surface area (Å²) in [7, 11) is 0. The highest BCUT2D eigenvalue weighted by Gasteiger charge is 2.11. The molecule has 6 heteroatoms. The first-order chi connectivity index (χ1) is 12.3. The third-order valence-electron chi connectivity index (χ3n) is 3.98. The molecule has 0 aliphatic rings. The second-order valence-electron chi connectivity index (χ2n) is 5.80. The van der Waals surface area contributed by atoms with E-state index in [0.717, 1.165) is 11.2 Å². The van der Waals surface area contributed by atoms with Crippen LogP contribution in [0.1, 0.15) is 11.1 Å². The Labute approximate surface area is 145 Å². The summed E-state index contributed by atoms with van der Waals surface area (Å²) in [5.41, 5.74) is 9.75. The molecule has 3 N–H and O–H groups in total. The molecule has 6 nitrogen and oxygen atoms in total. The number of benzene rings is 2. The highest BCUT2D eigenvalue weighted by Crippen LogP contribution is 2.19. The lowest BCUT2D eigenvalue weighted by Gasteiger charge is -2.08. The lowest BCUT2D eigenvalue weighted by atomic mass is 10.2. The molecule has 124 valence electrons. The van der Waals surface area contributed by atoms with Gasteiger partial charge in [0.2, 0.25) is 5.95 Å². The van der Waals surface area contributed by atoms with Crippen LogP contribution in [0.5, 0.6) is 0 Å². The highest BCUT2D eigenvalue weighted by molar-refractivity contribution is 5.82. The number of fused-ring (bicyclic) bond motifs is 1. The predicted molar refractivity (Wildman–Crippen MR) is 99.0 cm³/mol. The van der Waals surface area contributed by atoms with Crippen molar-refractivity contribution in [2.24, 2.45) is 0 Å². The first-order valence-electron chi connectivity index (χ1n) is 8.09. The van der Waals surface area contributed by atoms with Gasteiger partial charge in [-0.25, -0.2) is 4.98 Å². The van der Waals surface area contributed by atoms with Crippen molar-refractivity contribution in [2.45, 2.75) is 13.1 Å². The van der Waals surface area contributed by atoms with Gasteiger partial charge in [-0.15, -0.1) is 0 Å². The maximum absolute atomic E-state index is 6.07. The van der Waals surface area contributed by atoms with Crippen molar-refractivity contribution in [3.63, 3.8) is 0 Å². The van der Waals surface area contributed by atoms with Crippen LogP contribution in [0.2, 0.25) is 0 Å². The van der Waals surface area contributed by atoms with Crippen LogP contribution >= 0.6 is 0 Å². The smallest absolute Gasteiger partial charge is 0.227 e. The van der Waals surface area contributed by atoms with Crippen LogP contribution in [-0.4, -0.2) is 19.5 Å². The highest BCUT2D eigenvalue weighted by atomic mass is 15.2. The van der Waals surface area contributed by atoms with E-state index in [2.05, 4.69) is 44.5 Å². The van der Waals surface area contributed by atoms with Gasteiger partial charge in [0.25, 0.3) is 0 Å². The normalized spacial score (nSPS) is 10.9. The van der Waals surface area contributed by atoms with E-state index in [1.165, 1.54) is 5.56 Å². The fraction of sp³-hybridized carbons (Fsp3) is 0.105. The van der Waals surface area contributed by atoms with E-state index in [1.807, 2.05) is 41.0 Å². The number of nitrogens with one attached hydrogen (secondary N) is 1. The molecule has 0 saturated carbocycles. The van der Waals surface area contributed by atoms with E-state index in [-0.39, 0.29) is 0 Å². The number of anilines is 2. The van der Waals surface area contributed by atoms with Crippen LogP contribution in [0.3, 0.4) is 0 Å². The molecule has 0 bridgehead atoms. The van der Waals surface area contributed by atoms with Gasteiger partial charge in [-0.05, 0) is 11.1 Å². The molecule has 0 fully saturated rings. The summed E-state index contributed by atoms with van der Waals surface area (Å²) in [5.74, 6) is 0.885. The summed E-state index contributed by atoms with van der Waals surface area (Å²) in [6.45, 7) is 1.32. The van der Waals surface area contributed by atoms with Crippen molar-refractivity contribution in [2.75, 3.05) is 11.1 Å². The van der Waals surface area contributed by atoms with E-state index in [1.54, 1.807) is 6.33 Å². The Balaban J connectivity index is 1.62. The number of rotatable bonds is 5. The van der Waals surface area contributed by atoms with E-state index >= 15 is 0 Å². The van der Waals surface area contributed by atoms with Gasteiger partial charge in [0.15, 0.2) is 11.5 Å². The Kier molecular flexibility index (Phi) is 4.00. The number of nitrogens with zero attached hydrogens (tertiary/aromatic N) is 4. The van der Waals surface area contributed by atoms with E-state index < -0.39 is 0 Å². The Bertz CT molecular complexity index is 979. The topological polar surface area (TPSA) is 81.7 Å². The zero-order chi connectivity index (χ0) is 17.1. The summed E-state index contributed by atoms with van der Waals surface area (Å²) in [5, 5.41) is 3.23. The molecule has 0 unspecified atom stereocenters. The summed E-state index contributed by atoms with van der Waals surface area (Å²) < 4.78 is 1.98. The summed E-state index contributed by atoms with van der Waals surface area (Å²) in [4.78, 5) is 13.3. The second-order valence-corrected chi connectivity index (χ2v) is 5.80. The fourth-order valence-electron chi connectivity index (χ4n) is 2.72. The van der Waals surface area contributed by atoms with Crippen LogP contribution in [0.4, 0.5) is 11.8 Å². The van der Waals surface area contributed by atoms with Gasteiger partial charge in [0.1, 0.15) is 5.52 Å². The van der Waals surface area contributed by atoms with Gasteiger partial charge in [-0.2, -0.15) is 9.97 Å². The van der Waals surface area contributed by atoms with Crippen LogP contribution in [-0.2, 0) is 13.1 Å². The third-order valence-corrected chi connectivity index (χ3v) is 3.98. The van der Waals surface area contributed by atoms with Crippen molar-refractivity contribution in [1.82, 2.24) is 19.5 Å². The molecule has 0 amide bonds. The van der Waals surface area contributed by atoms with Crippen molar-refractivity contribution in [1.29, 1.82) is 0 Å². The zero-order valence-electron chi connectivity index (χ0n) is 13.6. The van der Waals surface area contributed by atoms with Gasteiger partial charge < -0.3 is 15.6 Å². The van der Waals surface area contributed by atoms with Crippen molar-refractivity contribution in [3.05, 3.63) is 78.1 Å². The number of imidazole rings is 1. The number of hydrogen-bond acceptors (Lipinski definition) is 5. The molecule has 0 atom stereocenters. The molecule has 25 heavy (non-hydrogen) atoms. The van der Waals surface area contributed by atoms with Crippen molar-refractivity contribution < 1.29 is 0 Å². The number of hydrogen-bond donors (Lipinski definition) is 2. The second kappa shape index (κ2) is 6.60. The minimum atomic E-state index is 0.382. The van der Waals surface area contributed by atoms with Crippen molar-refractivity contribution >= 4 is 22.9 Å². The van der Waals surface area contributed by atoms with Crippen LogP contribution in [0.25, 0.3) is 11.2 Å². The first kappa shape index (κ1) is 15.1. The standard InChI is InChI=1S/C19H18N6/c20-17-16-18(25(13-22-16)12-15-9-5-2-6-10-15)24-19(23-17)21-11-14-7-3-1-4-8-14/h1-10,13H,11-12H2,(H3,20,21,23,24). The Morgan fingerprint density at radius 3 is 2.28 bits per heavy atom. The fourth-order valence-corrected chi connectivity index (χ4v) is 2.72. The van der Waals surface area contributed by atoms with Gasteiger partial charge in [0, 0.05) is 6.54 Å². The minimum Gasteiger partial charge on any atom is -0.382 e. The molecule has 4 aromatic rings. The molecule has 2 aromatic carbocycles. The Hall–Kier alpha value is -3.41. The molecular weight excluding hydrogens is 312 g/mol. The monoisotopic (exact) mass is 330 g/mol. The zero-order valence-corrected chi connectivity index (χ0v) is 13.6. The maximum Gasteiger partial charge on any atom is 0.227 e. The van der Waals surface area contributed by atoms with Gasteiger partial charge >= 0.3 is 0 Å². The molecule has 0 aliphatic heterocycles. The minimum absolute atomic E-state index is 0.382. The predicted octanol–water partition coefficient (Wildman–Crippen LogP) is 3.07. The quantitative estimate of drug-likeness (QED) is 0.588. The number of nitrogen functional groups attached to an aromatic ring is 1. The van der Waals surface area contributed by atoms with Gasteiger partial charge in [-0.3, -0.25) is 0 Å². The molecule has 0 radical (unpaired) electrons. The SMILES string of the molecule is Nc1nc(NCc2ccccc2)nc2c1ncn2Cc1ccccc1. The van der Waals surface area contributed by atoms with Crippen LogP contribution in [0, 0.1) is 0 Å². The molecule has 4 rings (SSSR count). The molecule has 2 heterocycles. The van der Waals surface area contributed by atoms with Gasteiger partial charge in [-0.1, -0.05) is 60.7 Å².